The summed E-state index contributed by atoms with van der Waals surface area (Å²) in [5, 5.41) is 3.61. The molecule has 1 heterocycles. The molecule has 1 aliphatic carbocycles. The molecule has 1 nitrogen and oxygen atoms in total. The standard InChI is InChI=1S/C18H19N/c1-2-7-14(8-3-1)17-18(19-17)16-11-10-13-6-4-5-9-15(13)12-16/h1-3,7-8,10-12,17-19H,4-6,9H2. The van der Waals surface area contributed by atoms with Gasteiger partial charge in [0, 0.05) is 0 Å². The summed E-state index contributed by atoms with van der Waals surface area (Å²) in [6.07, 6.45) is 5.26. The number of benzene rings is 2. The third kappa shape index (κ3) is 2.08. The van der Waals surface area contributed by atoms with Crippen LogP contribution in [-0.4, -0.2) is 0 Å². The van der Waals surface area contributed by atoms with Crippen molar-refractivity contribution in [3.63, 3.8) is 0 Å². The van der Waals surface area contributed by atoms with Crippen LogP contribution in [0, 0.1) is 0 Å². The molecule has 2 aromatic rings. The summed E-state index contributed by atoms with van der Waals surface area (Å²) < 4.78 is 0. The zero-order valence-electron chi connectivity index (χ0n) is 11.1. The molecule has 1 N–H and O–H groups in total. The lowest BCUT2D eigenvalue weighted by atomic mass is 9.89. The quantitative estimate of drug-likeness (QED) is 0.800. The lowest BCUT2D eigenvalue weighted by Crippen LogP contribution is -2.03. The van der Waals surface area contributed by atoms with Gasteiger partial charge in [0.2, 0.25) is 0 Å². The molecule has 0 bridgehead atoms. The summed E-state index contributed by atoms with van der Waals surface area (Å²) in [4.78, 5) is 0. The lowest BCUT2D eigenvalue weighted by Gasteiger charge is -2.16. The zero-order valence-corrected chi connectivity index (χ0v) is 11.1. The van der Waals surface area contributed by atoms with Gasteiger partial charge in [-0.25, -0.2) is 0 Å². The van der Waals surface area contributed by atoms with Gasteiger partial charge in [-0.05, 0) is 47.9 Å². The Hall–Kier alpha value is -1.60. The maximum absolute atomic E-state index is 3.61. The van der Waals surface area contributed by atoms with Crippen LogP contribution in [0.5, 0.6) is 0 Å². The van der Waals surface area contributed by atoms with E-state index in [-0.39, 0.29) is 0 Å². The van der Waals surface area contributed by atoms with E-state index in [9.17, 15) is 0 Å². The van der Waals surface area contributed by atoms with E-state index >= 15 is 0 Å². The summed E-state index contributed by atoms with van der Waals surface area (Å²) in [7, 11) is 0. The molecule has 2 aromatic carbocycles. The highest BCUT2D eigenvalue weighted by Crippen LogP contribution is 2.42. The summed E-state index contributed by atoms with van der Waals surface area (Å²) in [6.45, 7) is 0. The summed E-state index contributed by atoms with van der Waals surface area (Å²) in [6, 6.07) is 18.9. The van der Waals surface area contributed by atoms with Crippen LogP contribution < -0.4 is 5.32 Å². The van der Waals surface area contributed by atoms with Crippen molar-refractivity contribution < 1.29 is 0 Å². The summed E-state index contributed by atoms with van der Waals surface area (Å²) in [5.74, 6) is 0. The zero-order chi connectivity index (χ0) is 12.7. The fraction of sp³-hybridized carbons (Fsp3) is 0.333. The first-order chi connectivity index (χ1) is 9.42. The molecule has 1 aliphatic heterocycles. The molecule has 0 spiro atoms. The van der Waals surface area contributed by atoms with E-state index in [1.54, 1.807) is 11.1 Å². The Kier molecular flexibility index (Phi) is 2.66. The van der Waals surface area contributed by atoms with Gasteiger partial charge in [0.1, 0.15) is 0 Å². The van der Waals surface area contributed by atoms with Gasteiger partial charge in [-0.2, -0.15) is 0 Å². The van der Waals surface area contributed by atoms with E-state index in [1.807, 2.05) is 0 Å². The van der Waals surface area contributed by atoms with Gasteiger partial charge in [-0.3, -0.25) is 5.32 Å². The summed E-state index contributed by atoms with van der Waals surface area (Å²) >= 11 is 0. The van der Waals surface area contributed by atoms with E-state index in [0.29, 0.717) is 12.1 Å². The van der Waals surface area contributed by atoms with Gasteiger partial charge in [0.25, 0.3) is 0 Å². The van der Waals surface area contributed by atoms with Crippen LogP contribution in [0.25, 0.3) is 0 Å². The van der Waals surface area contributed by atoms with Gasteiger partial charge in [0.05, 0.1) is 12.1 Å². The monoisotopic (exact) mass is 249 g/mol. The Labute approximate surface area is 114 Å². The van der Waals surface area contributed by atoms with Crippen LogP contribution in [0.4, 0.5) is 0 Å². The highest BCUT2D eigenvalue weighted by Gasteiger charge is 2.38. The molecule has 2 unspecified atom stereocenters. The smallest absolute Gasteiger partial charge is 0.0523 e. The van der Waals surface area contributed by atoms with E-state index in [2.05, 4.69) is 53.8 Å². The minimum atomic E-state index is 0.517. The maximum Gasteiger partial charge on any atom is 0.0523 e. The number of aryl methyl sites for hydroxylation is 2. The first kappa shape index (κ1) is 11.2. The minimum absolute atomic E-state index is 0.517. The van der Waals surface area contributed by atoms with E-state index in [4.69, 9.17) is 0 Å². The fourth-order valence-corrected chi connectivity index (χ4v) is 3.32. The first-order valence-electron chi connectivity index (χ1n) is 7.34. The molecular formula is C18H19N. The third-order valence-electron chi connectivity index (χ3n) is 4.47. The van der Waals surface area contributed by atoms with Crippen molar-refractivity contribution in [2.75, 3.05) is 0 Å². The second-order valence-electron chi connectivity index (χ2n) is 5.77. The first-order valence-corrected chi connectivity index (χ1v) is 7.34. The van der Waals surface area contributed by atoms with Gasteiger partial charge in [-0.1, -0.05) is 48.5 Å². The van der Waals surface area contributed by atoms with Gasteiger partial charge in [0.15, 0.2) is 0 Å². The molecule has 2 aliphatic rings. The molecule has 1 saturated heterocycles. The van der Waals surface area contributed by atoms with E-state index < -0.39 is 0 Å². The topological polar surface area (TPSA) is 21.9 Å². The highest BCUT2D eigenvalue weighted by atomic mass is 15.1. The molecular weight excluding hydrogens is 230 g/mol. The predicted octanol–water partition coefficient (Wildman–Crippen LogP) is 3.95. The van der Waals surface area contributed by atoms with Crippen molar-refractivity contribution in [1.29, 1.82) is 0 Å². The van der Waals surface area contributed by atoms with Gasteiger partial charge in [-0.15, -0.1) is 0 Å². The highest BCUT2D eigenvalue weighted by molar-refractivity contribution is 5.40. The Bertz CT molecular complexity index is 588. The van der Waals surface area contributed by atoms with Crippen molar-refractivity contribution >= 4 is 0 Å². The molecule has 19 heavy (non-hydrogen) atoms. The average Bonchev–Trinajstić information content (AvgIpc) is 3.28. The van der Waals surface area contributed by atoms with Crippen molar-refractivity contribution in [2.24, 2.45) is 0 Å². The molecule has 0 radical (unpaired) electrons. The van der Waals surface area contributed by atoms with Crippen LogP contribution in [0.2, 0.25) is 0 Å². The Morgan fingerprint density at radius 1 is 0.737 bits per heavy atom. The number of nitrogens with one attached hydrogen (secondary N) is 1. The molecule has 0 saturated carbocycles. The van der Waals surface area contributed by atoms with Crippen LogP contribution in [0.15, 0.2) is 48.5 Å². The second kappa shape index (κ2) is 4.50. The van der Waals surface area contributed by atoms with Crippen LogP contribution in [-0.2, 0) is 12.8 Å². The van der Waals surface area contributed by atoms with Crippen molar-refractivity contribution in [1.82, 2.24) is 5.32 Å². The SMILES string of the molecule is c1ccc(C2NC2c2ccc3c(c2)CCCC3)cc1. The van der Waals surface area contributed by atoms with Crippen LogP contribution >= 0.6 is 0 Å². The van der Waals surface area contributed by atoms with Crippen LogP contribution in [0.1, 0.15) is 47.2 Å². The maximum atomic E-state index is 3.61. The summed E-state index contributed by atoms with van der Waals surface area (Å²) in [5.41, 5.74) is 6.04. The minimum Gasteiger partial charge on any atom is -0.300 e. The van der Waals surface area contributed by atoms with Crippen molar-refractivity contribution in [3.8, 4) is 0 Å². The van der Waals surface area contributed by atoms with Gasteiger partial charge < -0.3 is 0 Å². The molecule has 1 fully saturated rings. The number of hydrogen-bond acceptors (Lipinski definition) is 1. The van der Waals surface area contributed by atoms with E-state index in [0.717, 1.165) is 0 Å². The van der Waals surface area contributed by atoms with Crippen molar-refractivity contribution in [3.05, 3.63) is 70.8 Å². The molecule has 0 aromatic heterocycles. The normalized spacial score (nSPS) is 24.8. The average molecular weight is 249 g/mol. The molecule has 4 rings (SSSR count). The number of hydrogen-bond donors (Lipinski definition) is 1. The largest absolute Gasteiger partial charge is 0.300 e. The molecule has 2 atom stereocenters. The Morgan fingerprint density at radius 2 is 1.47 bits per heavy atom. The van der Waals surface area contributed by atoms with Crippen LogP contribution in [0.3, 0.4) is 0 Å². The second-order valence-corrected chi connectivity index (χ2v) is 5.77. The van der Waals surface area contributed by atoms with Gasteiger partial charge >= 0.3 is 0 Å². The predicted molar refractivity (Wildman–Crippen MR) is 78.1 cm³/mol. The molecule has 96 valence electrons. The lowest BCUT2D eigenvalue weighted by molar-refractivity contribution is 0.684. The number of rotatable bonds is 2. The fourth-order valence-electron chi connectivity index (χ4n) is 3.32. The molecule has 1 heteroatoms. The van der Waals surface area contributed by atoms with E-state index in [1.165, 1.54) is 36.8 Å². The van der Waals surface area contributed by atoms with Crippen molar-refractivity contribution in [2.45, 2.75) is 37.8 Å². The number of fused-ring (bicyclic) bond motifs is 1. The Balaban J connectivity index is 1.58. The Morgan fingerprint density at radius 3 is 2.32 bits per heavy atom. The molecule has 0 amide bonds. The third-order valence-corrected chi connectivity index (χ3v) is 4.47.